The number of fused-ring (bicyclic) bond motifs is 1. The molecule has 1 heterocycles. The zero-order valence-electron chi connectivity index (χ0n) is 11.9. The summed E-state index contributed by atoms with van der Waals surface area (Å²) in [5, 5.41) is 10.8. The van der Waals surface area contributed by atoms with Crippen molar-refractivity contribution in [3.63, 3.8) is 0 Å². The number of carbonyl (C=O) groups is 2. The highest BCUT2D eigenvalue weighted by atomic mass is 16.3. The number of nitrogens with zero attached hydrogens (tertiary/aromatic N) is 3. The van der Waals surface area contributed by atoms with Crippen molar-refractivity contribution in [3.8, 4) is 0 Å². The summed E-state index contributed by atoms with van der Waals surface area (Å²) in [6.45, 7) is 3.73. The number of aliphatic hydroxyl groups is 1. The fourth-order valence-electron chi connectivity index (χ4n) is 2.11. The van der Waals surface area contributed by atoms with Gasteiger partial charge in [-0.15, -0.1) is 0 Å². The summed E-state index contributed by atoms with van der Waals surface area (Å²) in [5.74, 6) is -1.34. The van der Waals surface area contributed by atoms with Gasteiger partial charge in [0.05, 0.1) is 10.9 Å². The normalized spacial score (nSPS) is 12.2. The third kappa shape index (κ3) is 2.55. The zero-order chi connectivity index (χ0) is 15.7. The minimum Gasteiger partial charge on any atom is -0.385 e. The second-order valence-electron chi connectivity index (χ2n) is 4.63. The molecule has 1 aromatic heterocycles. The summed E-state index contributed by atoms with van der Waals surface area (Å²) in [5.41, 5.74) is -0.191. The molecular weight excluding hydrogens is 274 g/mol. The SMILES string of the molecule is CC(=O)N(C(C)=O)n1c(C(C)O)nc2ccccc2c1=O. The van der Waals surface area contributed by atoms with Crippen LogP contribution >= 0.6 is 0 Å². The average Bonchev–Trinajstić information content (AvgIpc) is 2.40. The van der Waals surface area contributed by atoms with Gasteiger partial charge in [0.15, 0.2) is 5.82 Å². The molecule has 1 aromatic carbocycles. The van der Waals surface area contributed by atoms with E-state index in [-0.39, 0.29) is 11.2 Å². The van der Waals surface area contributed by atoms with Gasteiger partial charge in [0.2, 0.25) is 11.8 Å². The van der Waals surface area contributed by atoms with Crippen molar-refractivity contribution >= 4 is 22.7 Å². The fraction of sp³-hybridized carbons (Fsp3) is 0.286. The van der Waals surface area contributed by atoms with E-state index in [0.717, 1.165) is 18.5 Å². The Bertz CT molecular complexity index is 765. The Morgan fingerprint density at radius 3 is 2.33 bits per heavy atom. The third-order valence-electron chi connectivity index (χ3n) is 2.95. The second kappa shape index (κ2) is 5.45. The van der Waals surface area contributed by atoms with Crippen LogP contribution in [0.15, 0.2) is 29.1 Å². The first-order valence-corrected chi connectivity index (χ1v) is 6.36. The third-order valence-corrected chi connectivity index (χ3v) is 2.95. The van der Waals surface area contributed by atoms with Gasteiger partial charge in [-0.2, -0.15) is 9.69 Å². The summed E-state index contributed by atoms with van der Waals surface area (Å²) in [6, 6.07) is 6.53. The topological polar surface area (TPSA) is 92.5 Å². The lowest BCUT2D eigenvalue weighted by Crippen LogP contribution is -2.50. The predicted molar refractivity (Wildman–Crippen MR) is 76.2 cm³/mol. The van der Waals surface area contributed by atoms with Gasteiger partial charge in [0.1, 0.15) is 6.10 Å². The van der Waals surface area contributed by atoms with Gasteiger partial charge in [-0.05, 0) is 19.1 Å². The molecule has 0 saturated carbocycles. The lowest BCUT2D eigenvalue weighted by atomic mass is 10.2. The molecule has 1 atom stereocenters. The summed E-state index contributed by atoms with van der Waals surface area (Å²) < 4.78 is 0.831. The summed E-state index contributed by atoms with van der Waals surface area (Å²) >= 11 is 0. The van der Waals surface area contributed by atoms with Crippen molar-refractivity contribution < 1.29 is 14.7 Å². The molecule has 0 fully saturated rings. The number of carbonyl (C=O) groups excluding carboxylic acids is 2. The van der Waals surface area contributed by atoms with Crippen LogP contribution < -0.4 is 10.6 Å². The largest absolute Gasteiger partial charge is 0.385 e. The maximum absolute atomic E-state index is 12.6. The number of aromatic nitrogens is 2. The van der Waals surface area contributed by atoms with E-state index >= 15 is 0 Å². The predicted octanol–water partition coefficient (Wildman–Crippen LogP) is 0.481. The molecule has 2 amide bonds. The molecule has 0 aliphatic carbocycles. The van der Waals surface area contributed by atoms with Crippen LogP contribution in [0.4, 0.5) is 0 Å². The van der Waals surface area contributed by atoms with Crippen molar-refractivity contribution in [3.05, 3.63) is 40.4 Å². The van der Waals surface area contributed by atoms with Crippen LogP contribution in [-0.4, -0.2) is 26.6 Å². The molecule has 7 heteroatoms. The molecule has 0 saturated heterocycles. The van der Waals surface area contributed by atoms with E-state index in [1.54, 1.807) is 24.3 Å². The highest BCUT2D eigenvalue weighted by Gasteiger charge is 2.24. The van der Waals surface area contributed by atoms with Crippen LogP contribution in [0.2, 0.25) is 0 Å². The molecule has 7 nitrogen and oxygen atoms in total. The van der Waals surface area contributed by atoms with Gasteiger partial charge in [0, 0.05) is 13.8 Å². The van der Waals surface area contributed by atoms with E-state index in [1.807, 2.05) is 0 Å². The number of amides is 2. The van der Waals surface area contributed by atoms with E-state index in [1.165, 1.54) is 6.92 Å². The fourth-order valence-corrected chi connectivity index (χ4v) is 2.11. The quantitative estimate of drug-likeness (QED) is 0.868. The average molecular weight is 289 g/mol. The molecule has 1 N–H and O–H groups in total. The van der Waals surface area contributed by atoms with E-state index in [2.05, 4.69) is 4.98 Å². The molecule has 0 spiro atoms. The Kier molecular flexibility index (Phi) is 3.86. The van der Waals surface area contributed by atoms with Crippen molar-refractivity contribution in [2.45, 2.75) is 26.9 Å². The van der Waals surface area contributed by atoms with Crippen molar-refractivity contribution in [2.75, 3.05) is 5.01 Å². The summed E-state index contributed by atoms with van der Waals surface area (Å²) in [7, 11) is 0. The molecule has 0 bridgehead atoms. The first kappa shape index (κ1) is 14.9. The van der Waals surface area contributed by atoms with Crippen LogP contribution in [0.3, 0.4) is 0 Å². The molecule has 110 valence electrons. The van der Waals surface area contributed by atoms with Gasteiger partial charge in [-0.25, -0.2) is 4.98 Å². The number of benzene rings is 1. The molecule has 1 unspecified atom stereocenters. The standard InChI is InChI=1S/C14H15N3O4/c1-8(18)13-15-12-7-5-4-6-11(12)14(21)17(13)16(9(2)19)10(3)20/h4-8,18H,1-3H3. The van der Waals surface area contributed by atoms with E-state index in [4.69, 9.17) is 0 Å². The number of imide groups is 1. The first-order valence-electron chi connectivity index (χ1n) is 6.36. The molecule has 21 heavy (non-hydrogen) atoms. The molecule has 0 aliphatic rings. The summed E-state index contributed by atoms with van der Waals surface area (Å²) in [4.78, 5) is 40.1. The lowest BCUT2D eigenvalue weighted by Gasteiger charge is -2.23. The Morgan fingerprint density at radius 1 is 1.24 bits per heavy atom. The van der Waals surface area contributed by atoms with Crippen LogP contribution in [0.25, 0.3) is 10.9 Å². The van der Waals surface area contributed by atoms with Crippen LogP contribution in [-0.2, 0) is 9.59 Å². The minimum atomic E-state index is -1.12. The van der Waals surface area contributed by atoms with E-state index < -0.39 is 23.5 Å². The van der Waals surface area contributed by atoms with Crippen molar-refractivity contribution in [1.82, 2.24) is 9.66 Å². The Hall–Kier alpha value is -2.54. The van der Waals surface area contributed by atoms with Crippen molar-refractivity contribution in [1.29, 1.82) is 0 Å². The summed E-state index contributed by atoms with van der Waals surface area (Å²) in [6.07, 6.45) is -1.12. The lowest BCUT2D eigenvalue weighted by molar-refractivity contribution is -0.126. The Morgan fingerprint density at radius 2 is 1.81 bits per heavy atom. The smallest absolute Gasteiger partial charge is 0.281 e. The molecule has 0 aliphatic heterocycles. The number of rotatable bonds is 2. The van der Waals surface area contributed by atoms with Gasteiger partial charge in [-0.1, -0.05) is 12.1 Å². The van der Waals surface area contributed by atoms with Gasteiger partial charge >= 0.3 is 0 Å². The van der Waals surface area contributed by atoms with Crippen LogP contribution in [0.1, 0.15) is 32.7 Å². The van der Waals surface area contributed by atoms with Crippen LogP contribution in [0, 0.1) is 0 Å². The number of hydrogen-bond acceptors (Lipinski definition) is 5. The number of aliphatic hydroxyl groups excluding tert-OH is 1. The number of para-hydroxylation sites is 1. The Balaban J connectivity index is 2.91. The van der Waals surface area contributed by atoms with Gasteiger partial charge in [0.25, 0.3) is 5.56 Å². The van der Waals surface area contributed by atoms with Gasteiger partial charge in [-0.3, -0.25) is 14.4 Å². The Labute approximate surface area is 120 Å². The van der Waals surface area contributed by atoms with Gasteiger partial charge < -0.3 is 5.11 Å². The minimum absolute atomic E-state index is 0.0656. The maximum Gasteiger partial charge on any atom is 0.281 e. The highest BCUT2D eigenvalue weighted by Crippen LogP contribution is 2.14. The zero-order valence-corrected chi connectivity index (χ0v) is 11.9. The molecular formula is C14H15N3O4. The second-order valence-corrected chi connectivity index (χ2v) is 4.63. The molecule has 0 radical (unpaired) electrons. The maximum atomic E-state index is 12.6. The van der Waals surface area contributed by atoms with Crippen molar-refractivity contribution in [2.24, 2.45) is 0 Å². The molecule has 2 aromatic rings. The highest BCUT2D eigenvalue weighted by molar-refractivity contribution is 6.06. The molecule has 2 rings (SSSR count). The number of hydrogen-bond donors (Lipinski definition) is 1. The monoisotopic (exact) mass is 289 g/mol. The van der Waals surface area contributed by atoms with E-state index in [9.17, 15) is 19.5 Å². The first-order chi connectivity index (χ1) is 9.84. The van der Waals surface area contributed by atoms with Crippen LogP contribution in [0.5, 0.6) is 0 Å². The van der Waals surface area contributed by atoms with E-state index in [0.29, 0.717) is 10.5 Å².